The molecule has 3 nitrogen and oxygen atoms in total. The van der Waals surface area contributed by atoms with Gasteiger partial charge in [0.05, 0.1) is 17.1 Å². The van der Waals surface area contributed by atoms with Gasteiger partial charge in [0.2, 0.25) is 0 Å². The Morgan fingerprint density at radius 2 is 2.29 bits per heavy atom. The third-order valence-corrected chi connectivity index (χ3v) is 3.26. The normalized spacial score (nSPS) is 12.6. The van der Waals surface area contributed by atoms with Crippen molar-refractivity contribution in [3.63, 3.8) is 0 Å². The minimum Gasteiger partial charge on any atom is -0.306 e. The molecule has 1 atom stereocenters. The molecule has 0 aliphatic carbocycles. The number of aryl methyl sites for hydroxylation is 1. The zero-order valence-electron chi connectivity index (χ0n) is 9.77. The summed E-state index contributed by atoms with van der Waals surface area (Å²) in [5.74, 6) is -0.199. The quantitative estimate of drug-likeness (QED) is 0.908. The molecule has 0 amide bonds. The number of hydrogen-bond donors (Lipinski definition) is 1. The van der Waals surface area contributed by atoms with Crippen molar-refractivity contribution in [3.8, 4) is 0 Å². The van der Waals surface area contributed by atoms with Gasteiger partial charge in [0.1, 0.15) is 5.82 Å². The molecule has 0 bridgehead atoms. The molecule has 0 fully saturated rings. The van der Waals surface area contributed by atoms with E-state index in [-0.39, 0.29) is 11.9 Å². The zero-order valence-corrected chi connectivity index (χ0v) is 10.6. The maximum absolute atomic E-state index is 13.9. The Bertz CT molecular complexity index is 485. The van der Waals surface area contributed by atoms with E-state index in [0.29, 0.717) is 5.56 Å². The molecule has 17 heavy (non-hydrogen) atoms. The molecule has 0 aliphatic rings. The van der Waals surface area contributed by atoms with Crippen molar-refractivity contribution in [2.24, 2.45) is 0 Å². The lowest BCUT2D eigenvalue weighted by atomic mass is 10.0. The summed E-state index contributed by atoms with van der Waals surface area (Å²) in [6.45, 7) is 4.71. The minimum absolute atomic E-state index is 0.167. The molecule has 2 rings (SSSR count). The lowest BCUT2D eigenvalue weighted by molar-refractivity contribution is 0.562. The van der Waals surface area contributed by atoms with Crippen molar-refractivity contribution in [1.82, 2.24) is 14.9 Å². The molecule has 0 saturated carbocycles. The molecule has 1 heterocycles. The molecular formula is C12H14FN3S. The third-order valence-electron chi connectivity index (χ3n) is 2.53. The van der Waals surface area contributed by atoms with Gasteiger partial charge in [0, 0.05) is 5.56 Å². The molecule has 1 unspecified atom stereocenters. The topological polar surface area (TPSA) is 37.8 Å². The van der Waals surface area contributed by atoms with Crippen LogP contribution in [0.15, 0.2) is 24.4 Å². The first-order valence-corrected chi connectivity index (χ1v) is 6.26. The van der Waals surface area contributed by atoms with Crippen LogP contribution in [-0.2, 0) is 0 Å². The van der Waals surface area contributed by atoms with Gasteiger partial charge >= 0.3 is 0 Å². The molecule has 0 saturated heterocycles. The van der Waals surface area contributed by atoms with Crippen LogP contribution in [0.5, 0.6) is 0 Å². The Kier molecular flexibility index (Phi) is 3.81. The Balaban J connectivity index is 2.42. The molecule has 0 aliphatic heterocycles. The van der Waals surface area contributed by atoms with Gasteiger partial charge in [-0.3, -0.25) is 0 Å². The molecule has 1 N–H and O–H groups in total. The van der Waals surface area contributed by atoms with Gasteiger partial charge in [-0.25, -0.2) is 4.39 Å². The molecule has 0 radical (unpaired) electrons. The number of nitrogens with one attached hydrogen (secondary N) is 1. The van der Waals surface area contributed by atoms with E-state index in [1.807, 2.05) is 19.9 Å². The van der Waals surface area contributed by atoms with Crippen LogP contribution in [0.25, 0.3) is 0 Å². The molecule has 2 aromatic rings. The summed E-state index contributed by atoms with van der Waals surface area (Å²) in [5.41, 5.74) is 1.69. The zero-order chi connectivity index (χ0) is 12.3. The fourth-order valence-electron chi connectivity index (χ4n) is 1.75. The minimum atomic E-state index is -0.199. The SMILES string of the molecule is CCNC(c1cnns1)c1cc(C)ccc1F. The van der Waals surface area contributed by atoms with Crippen LogP contribution in [0.1, 0.15) is 29.0 Å². The van der Waals surface area contributed by atoms with Crippen LogP contribution in [0, 0.1) is 12.7 Å². The second kappa shape index (κ2) is 5.33. The van der Waals surface area contributed by atoms with E-state index in [0.717, 1.165) is 17.0 Å². The fourth-order valence-corrected chi connectivity index (χ4v) is 2.35. The smallest absolute Gasteiger partial charge is 0.128 e. The van der Waals surface area contributed by atoms with Crippen LogP contribution in [0.2, 0.25) is 0 Å². The molecular weight excluding hydrogens is 237 g/mol. The van der Waals surface area contributed by atoms with Gasteiger partial charge in [-0.1, -0.05) is 29.1 Å². The number of rotatable bonds is 4. The number of benzene rings is 1. The van der Waals surface area contributed by atoms with Crippen molar-refractivity contribution in [1.29, 1.82) is 0 Å². The summed E-state index contributed by atoms with van der Waals surface area (Å²) < 4.78 is 17.7. The van der Waals surface area contributed by atoms with Crippen LogP contribution in [0.3, 0.4) is 0 Å². The highest BCUT2D eigenvalue weighted by atomic mass is 32.1. The molecule has 90 valence electrons. The van der Waals surface area contributed by atoms with E-state index in [4.69, 9.17) is 0 Å². The van der Waals surface area contributed by atoms with Gasteiger partial charge in [-0.05, 0) is 31.1 Å². The van der Waals surface area contributed by atoms with Crippen LogP contribution < -0.4 is 5.32 Å². The maximum atomic E-state index is 13.9. The number of nitrogens with zero attached hydrogens (tertiary/aromatic N) is 2. The maximum Gasteiger partial charge on any atom is 0.128 e. The highest BCUT2D eigenvalue weighted by Gasteiger charge is 2.19. The van der Waals surface area contributed by atoms with Gasteiger partial charge in [-0.2, -0.15) is 0 Å². The number of hydrogen-bond acceptors (Lipinski definition) is 4. The number of aromatic nitrogens is 2. The second-order valence-corrected chi connectivity index (χ2v) is 4.65. The first-order chi connectivity index (χ1) is 8.22. The van der Waals surface area contributed by atoms with E-state index in [1.165, 1.54) is 17.6 Å². The summed E-state index contributed by atoms with van der Waals surface area (Å²) in [5, 5.41) is 7.07. The number of halogens is 1. The second-order valence-electron chi connectivity index (χ2n) is 3.84. The summed E-state index contributed by atoms with van der Waals surface area (Å²) in [7, 11) is 0. The Hall–Kier alpha value is -1.33. The molecule has 1 aromatic carbocycles. The largest absolute Gasteiger partial charge is 0.306 e. The average Bonchev–Trinajstić information content (AvgIpc) is 2.83. The van der Waals surface area contributed by atoms with Gasteiger partial charge in [0.15, 0.2) is 0 Å². The van der Waals surface area contributed by atoms with Gasteiger partial charge < -0.3 is 5.32 Å². The van der Waals surface area contributed by atoms with Crippen molar-refractivity contribution < 1.29 is 4.39 Å². The molecule has 5 heteroatoms. The predicted molar refractivity (Wildman–Crippen MR) is 66.6 cm³/mol. The van der Waals surface area contributed by atoms with E-state index in [2.05, 4.69) is 14.9 Å². The van der Waals surface area contributed by atoms with E-state index < -0.39 is 0 Å². The van der Waals surface area contributed by atoms with Gasteiger partial charge in [-0.15, -0.1) is 5.10 Å². The molecule has 0 spiro atoms. The highest BCUT2D eigenvalue weighted by molar-refractivity contribution is 7.05. The Morgan fingerprint density at radius 3 is 2.94 bits per heavy atom. The fraction of sp³-hybridized carbons (Fsp3) is 0.333. The predicted octanol–water partition coefficient (Wildman–Crippen LogP) is 2.68. The van der Waals surface area contributed by atoms with Crippen molar-refractivity contribution >= 4 is 11.5 Å². The Morgan fingerprint density at radius 1 is 1.47 bits per heavy atom. The first-order valence-electron chi connectivity index (χ1n) is 5.49. The lowest BCUT2D eigenvalue weighted by Gasteiger charge is -2.17. The average molecular weight is 251 g/mol. The van der Waals surface area contributed by atoms with Gasteiger partial charge in [0.25, 0.3) is 0 Å². The summed E-state index contributed by atoms with van der Waals surface area (Å²) >= 11 is 1.29. The van der Waals surface area contributed by atoms with E-state index >= 15 is 0 Å². The van der Waals surface area contributed by atoms with Crippen molar-refractivity contribution in [2.75, 3.05) is 6.54 Å². The van der Waals surface area contributed by atoms with Crippen LogP contribution in [0.4, 0.5) is 4.39 Å². The van der Waals surface area contributed by atoms with Crippen molar-refractivity contribution in [2.45, 2.75) is 19.9 Å². The van der Waals surface area contributed by atoms with E-state index in [9.17, 15) is 4.39 Å². The van der Waals surface area contributed by atoms with Crippen molar-refractivity contribution in [3.05, 3.63) is 46.2 Å². The van der Waals surface area contributed by atoms with E-state index in [1.54, 1.807) is 12.3 Å². The molecule has 1 aromatic heterocycles. The highest BCUT2D eigenvalue weighted by Crippen LogP contribution is 2.26. The third kappa shape index (κ3) is 2.68. The Labute approximate surface area is 104 Å². The van der Waals surface area contributed by atoms with Crippen LogP contribution >= 0.6 is 11.5 Å². The first kappa shape index (κ1) is 12.1. The van der Waals surface area contributed by atoms with Crippen LogP contribution in [-0.4, -0.2) is 16.1 Å². The summed E-state index contributed by atoms with van der Waals surface area (Å²) in [6, 6.07) is 4.97. The monoisotopic (exact) mass is 251 g/mol. The lowest BCUT2D eigenvalue weighted by Crippen LogP contribution is -2.22. The summed E-state index contributed by atoms with van der Waals surface area (Å²) in [6.07, 6.45) is 1.68. The summed E-state index contributed by atoms with van der Waals surface area (Å²) in [4.78, 5) is 0.927. The standard InChI is InChI=1S/C12H14FN3S/c1-3-14-12(11-7-15-16-17-11)9-6-8(2)4-5-10(9)13/h4-7,12,14H,3H2,1-2H3.